The standard InChI is InChI=1S/C14H29N/c1-4-9-15-11-14-8-7-12(5-2)10-13(14)6-3/h12-15H,4-11H2,1-3H3. The van der Waals surface area contributed by atoms with Crippen molar-refractivity contribution in [2.24, 2.45) is 17.8 Å². The second-order valence-corrected chi connectivity index (χ2v) is 5.22. The smallest absolute Gasteiger partial charge is 0.00179 e. The first-order valence-electron chi connectivity index (χ1n) is 7.02. The van der Waals surface area contributed by atoms with Crippen LogP contribution in [0.2, 0.25) is 0 Å². The summed E-state index contributed by atoms with van der Waals surface area (Å²) in [5.74, 6) is 2.98. The molecular formula is C14H29N. The number of hydrogen-bond donors (Lipinski definition) is 1. The number of hydrogen-bond acceptors (Lipinski definition) is 1. The Bertz CT molecular complexity index is 153. The number of rotatable bonds is 6. The summed E-state index contributed by atoms with van der Waals surface area (Å²) >= 11 is 0. The van der Waals surface area contributed by atoms with Crippen LogP contribution in [0.5, 0.6) is 0 Å². The van der Waals surface area contributed by atoms with E-state index in [9.17, 15) is 0 Å². The molecular weight excluding hydrogens is 182 g/mol. The van der Waals surface area contributed by atoms with E-state index >= 15 is 0 Å². The summed E-state index contributed by atoms with van der Waals surface area (Å²) in [6.07, 6.45) is 8.48. The molecule has 0 radical (unpaired) electrons. The van der Waals surface area contributed by atoms with Crippen molar-refractivity contribution in [3.63, 3.8) is 0 Å². The molecule has 1 aliphatic rings. The van der Waals surface area contributed by atoms with Crippen LogP contribution in [0.4, 0.5) is 0 Å². The molecule has 0 spiro atoms. The summed E-state index contributed by atoms with van der Waals surface area (Å²) in [7, 11) is 0. The van der Waals surface area contributed by atoms with E-state index in [2.05, 4.69) is 26.1 Å². The van der Waals surface area contributed by atoms with Crippen LogP contribution in [0, 0.1) is 17.8 Å². The van der Waals surface area contributed by atoms with Crippen LogP contribution < -0.4 is 5.32 Å². The van der Waals surface area contributed by atoms with Crippen molar-refractivity contribution in [2.45, 2.75) is 59.3 Å². The summed E-state index contributed by atoms with van der Waals surface area (Å²) in [5, 5.41) is 3.60. The molecule has 3 unspecified atom stereocenters. The summed E-state index contributed by atoms with van der Waals surface area (Å²) in [5.41, 5.74) is 0. The van der Waals surface area contributed by atoms with Gasteiger partial charge in [0.25, 0.3) is 0 Å². The molecule has 3 atom stereocenters. The average Bonchev–Trinajstić information content (AvgIpc) is 2.29. The zero-order valence-electron chi connectivity index (χ0n) is 10.9. The van der Waals surface area contributed by atoms with Crippen LogP contribution in [0.25, 0.3) is 0 Å². The van der Waals surface area contributed by atoms with Crippen LogP contribution in [0.1, 0.15) is 59.3 Å². The highest BCUT2D eigenvalue weighted by Crippen LogP contribution is 2.36. The fourth-order valence-electron chi connectivity index (χ4n) is 3.03. The van der Waals surface area contributed by atoms with Crippen molar-refractivity contribution in [3.8, 4) is 0 Å². The molecule has 1 heteroatoms. The first-order chi connectivity index (χ1) is 7.31. The van der Waals surface area contributed by atoms with Gasteiger partial charge in [0.15, 0.2) is 0 Å². The van der Waals surface area contributed by atoms with E-state index in [4.69, 9.17) is 0 Å². The fraction of sp³-hybridized carbons (Fsp3) is 1.00. The fourth-order valence-corrected chi connectivity index (χ4v) is 3.03. The predicted molar refractivity (Wildman–Crippen MR) is 68.1 cm³/mol. The highest BCUT2D eigenvalue weighted by atomic mass is 14.9. The van der Waals surface area contributed by atoms with Crippen LogP contribution in [0.3, 0.4) is 0 Å². The van der Waals surface area contributed by atoms with Gasteiger partial charge in [-0.2, -0.15) is 0 Å². The zero-order chi connectivity index (χ0) is 11.1. The van der Waals surface area contributed by atoms with E-state index in [1.165, 1.54) is 51.6 Å². The summed E-state index contributed by atoms with van der Waals surface area (Å²) in [4.78, 5) is 0. The van der Waals surface area contributed by atoms with Gasteiger partial charge in [0.1, 0.15) is 0 Å². The second kappa shape index (κ2) is 7.27. The molecule has 0 amide bonds. The third kappa shape index (κ3) is 4.14. The summed E-state index contributed by atoms with van der Waals surface area (Å²) < 4.78 is 0. The maximum Gasteiger partial charge on any atom is -0.00179 e. The summed E-state index contributed by atoms with van der Waals surface area (Å²) in [6, 6.07) is 0. The Morgan fingerprint density at radius 3 is 2.40 bits per heavy atom. The first kappa shape index (κ1) is 13.0. The van der Waals surface area contributed by atoms with Gasteiger partial charge in [0.05, 0.1) is 0 Å². The molecule has 1 aliphatic carbocycles. The maximum atomic E-state index is 3.60. The maximum absolute atomic E-state index is 3.60. The van der Waals surface area contributed by atoms with Crippen molar-refractivity contribution in [2.75, 3.05) is 13.1 Å². The van der Waals surface area contributed by atoms with Gasteiger partial charge in [-0.15, -0.1) is 0 Å². The second-order valence-electron chi connectivity index (χ2n) is 5.22. The normalized spacial score (nSPS) is 31.8. The molecule has 1 nitrogen and oxygen atoms in total. The largest absolute Gasteiger partial charge is 0.316 e. The van der Waals surface area contributed by atoms with Crippen LogP contribution in [0.15, 0.2) is 0 Å². The highest BCUT2D eigenvalue weighted by molar-refractivity contribution is 4.80. The molecule has 1 fully saturated rings. The molecule has 15 heavy (non-hydrogen) atoms. The minimum absolute atomic E-state index is 0.962. The van der Waals surface area contributed by atoms with Crippen molar-refractivity contribution in [1.29, 1.82) is 0 Å². The Hall–Kier alpha value is -0.0400. The van der Waals surface area contributed by atoms with Crippen molar-refractivity contribution >= 4 is 0 Å². The molecule has 0 aromatic heterocycles. The third-order valence-corrected chi connectivity index (χ3v) is 4.18. The van der Waals surface area contributed by atoms with Crippen molar-refractivity contribution in [3.05, 3.63) is 0 Å². The quantitative estimate of drug-likeness (QED) is 0.658. The lowest BCUT2D eigenvalue weighted by Crippen LogP contribution is -2.33. The Morgan fingerprint density at radius 1 is 1.00 bits per heavy atom. The van der Waals surface area contributed by atoms with E-state index in [1.807, 2.05) is 0 Å². The molecule has 0 aromatic carbocycles. The van der Waals surface area contributed by atoms with Crippen molar-refractivity contribution in [1.82, 2.24) is 5.32 Å². The van der Waals surface area contributed by atoms with E-state index in [0.29, 0.717) is 0 Å². The van der Waals surface area contributed by atoms with Gasteiger partial charge in [-0.1, -0.05) is 40.0 Å². The summed E-state index contributed by atoms with van der Waals surface area (Å²) in [6.45, 7) is 9.44. The Balaban J connectivity index is 2.30. The first-order valence-corrected chi connectivity index (χ1v) is 7.02. The SMILES string of the molecule is CCCNCC1CCC(CC)CC1CC. The van der Waals surface area contributed by atoms with Gasteiger partial charge in [0, 0.05) is 0 Å². The van der Waals surface area contributed by atoms with E-state index in [1.54, 1.807) is 0 Å². The molecule has 1 saturated carbocycles. The predicted octanol–water partition coefficient (Wildman–Crippen LogP) is 3.84. The Kier molecular flexibility index (Phi) is 6.31. The molecule has 0 aromatic rings. The topological polar surface area (TPSA) is 12.0 Å². The minimum atomic E-state index is 0.962. The molecule has 0 heterocycles. The van der Waals surface area contributed by atoms with Gasteiger partial charge in [0.2, 0.25) is 0 Å². The molecule has 0 saturated heterocycles. The van der Waals surface area contributed by atoms with Crippen molar-refractivity contribution < 1.29 is 0 Å². The Labute approximate surface area is 96.0 Å². The third-order valence-electron chi connectivity index (χ3n) is 4.18. The molecule has 1 N–H and O–H groups in total. The molecule has 1 rings (SSSR count). The van der Waals surface area contributed by atoms with Crippen LogP contribution in [-0.4, -0.2) is 13.1 Å². The molecule has 0 aliphatic heterocycles. The number of nitrogens with one attached hydrogen (secondary N) is 1. The van der Waals surface area contributed by atoms with Gasteiger partial charge in [-0.05, 0) is 50.1 Å². The molecule has 90 valence electrons. The Morgan fingerprint density at radius 2 is 1.80 bits per heavy atom. The molecule has 0 bridgehead atoms. The van der Waals surface area contributed by atoms with Gasteiger partial charge in [-0.3, -0.25) is 0 Å². The van der Waals surface area contributed by atoms with E-state index < -0.39 is 0 Å². The lowest BCUT2D eigenvalue weighted by atomic mass is 9.72. The van der Waals surface area contributed by atoms with Gasteiger partial charge >= 0.3 is 0 Å². The van der Waals surface area contributed by atoms with Crippen LogP contribution >= 0.6 is 0 Å². The average molecular weight is 211 g/mol. The zero-order valence-corrected chi connectivity index (χ0v) is 10.9. The monoisotopic (exact) mass is 211 g/mol. The minimum Gasteiger partial charge on any atom is -0.316 e. The van der Waals surface area contributed by atoms with E-state index in [-0.39, 0.29) is 0 Å². The van der Waals surface area contributed by atoms with Crippen LogP contribution in [-0.2, 0) is 0 Å². The van der Waals surface area contributed by atoms with Gasteiger partial charge in [-0.25, -0.2) is 0 Å². The lowest BCUT2D eigenvalue weighted by Gasteiger charge is -2.35. The van der Waals surface area contributed by atoms with Gasteiger partial charge < -0.3 is 5.32 Å². The lowest BCUT2D eigenvalue weighted by molar-refractivity contribution is 0.168. The highest BCUT2D eigenvalue weighted by Gasteiger charge is 2.27. The van der Waals surface area contributed by atoms with E-state index in [0.717, 1.165) is 17.8 Å².